The van der Waals surface area contributed by atoms with Gasteiger partial charge in [0.2, 0.25) is 0 Å². The van der Waals surface area contributed by atoms with Crippen LogP contribution in [0.2, 0.25) is 0 Å². The minimum atomic E-state index is -0.774. The van der Waals surface area contributed by atoms with Crippen molar-refractivity contribution in [3.8, 4) is 0 Å². The topological polar surface area (TPSA) is 72.8 Å². The average molecular weight is 641 g/mol. The highest BCUT2D eigenvalue weighted by atomic mass is 16.6. The van der Waals surface area contributed by atoms with Gasteiger partial charge in [0.25, 0.3) is 0 Å². The Morgan fingerprint density at radius 3 is 1.41 bits per heavy atom. The van der Waals surface area contributed by atoms with Gasteiger partial charge in [-0.15, -0.1) is 0 Å². The summed E-state index contributed by atoms with van der Waals surface area (Å²) in [4.78, 5) is 23.9. The van der Waals surface area contributed by atoms with Crippen LogP contribution in [0.25, 0.3) is 0 Å². The Labute approximate surface area is 283 Å². The fourth-order valence-corrected chi connectivity index (χ4v) is 4.73. The number of unbranched alkanes of at least 4 members (excludes halogenated alkanes) is 12. The van der Waals surface area contributed by atoms with Gasteiger partial charge in [0, 0.05) is 12.8 Å². The highest BCUT2D eigenvalue weighted by molar-refractivity contribution is 5.70. The van der Waals surface area contributed by atoms with Crippen molar-refractivity contribution >= 4 is 11.9 Å². The molecule has 0 rings (SSSR count). The average Bonchev–Trinajstić information content (AvgIpc) is 3.06. The van der Waals surface area contributed by atoms with Crippen molar-refractivity contribution in [1.82, 2.24) is 0 Å². The zero-order valence-electron chi connectivity index (χ0n) is 29.6. The summed E-state index contributed by atoms with van der Waals surface area (Å²) in [6.45, 7) is 3.90. The van der Waals surface area contributed by atoms with E-state index in [9.17, 15) is 14.7 Å². The van der Waals surface area contributed by atoms with Gasteiger partial charge in [0.1, 0.15) is 6.61 Å². The Hall–Kier alpha value is -2.66. The van der Waals surface area contributed by atoms with E-state index in [-0.39, 0.29) is 25.2 Å². The number of allylic oxidation sites excluding steroid dienone is 12. The lowest BCUT2D eigenvalue weighted by molar-refractivity contribution is -0.161. The van der Waals surface area contributed by atoms with Gasteiger partial charge in [-0.3, -0.25) is 9.59 Å². The van der Waals surface area contributed by atoms with Crippen LogP contribution in [0, 0.1) is 0 Å². The maximum absolute atomic E-state index is 12.1. The molecule has 0 saturated heterocycles. The van der Waals surface area contributed by atoms with Crippen molar-refractivity contribution in [3.63, 3.8) is 0 Å². The van der Waals surface area contributed by atoms with E-state index in [1.165, 1.54) is 44.9 Å². The number of aliphatic hydroxyl groups excluding tert-OH is 1. The fraction of sp³-hybridized carbons (Fsp3) is 0.659. The summed E-state index contributed by atoms with van der Waals surface area (Å²) in [7, 11) is 0. The SMILES string of the molecule is CC/C=C\C/C=C\C/C=C\C/C=C\C/C=C\C/C=C\CCCCCCCCCCC(=O)OC(CO)COC(=O)CCCCCCC. The second kappa shape index (κ2) is 36.8. The molecule has 0 heterocycles. The maximum atomic E-state index is 12.1. The number of hydrogen-bond donors (Lipinski definition) is 1. The van der Waals surface area contributed by atoms with Crippen LogP contribution >= 0.6 is 0 Å². The van der Waals surface area contributed by atoms with Crippen molar-refractivity contribution in [2.24, 2.45) is 0 Å². The highest BCUT2D eigenvalue weighted by Gasteiger charge is 2.16. The van der Waals surface area contributed by atoms with Gasteiger partial charge >= 0.3 is 11.9 Å². The zero-order valence-corrected chi connectivity index (χ0v) is 29.6. The van der Waals surface area contributed by atoms with Crippen LogP contribution in [-0.4, -0.2) is 36.4 Å². The van der Waals surface area contributed by atoms with Crippen molar-refractivity contribution in [1.29, 1.82) is 0 Å². The predicted molar refractivity (Wildman–Crippen MR) is 196 cm³/mol. The van der Waals surface area contributed by atoms with Crippen LogP contribution in [0.4, 0.5) is 0 Å². The van der Waals surface area contributed by atoms with Gasteiger partial charge in [0.15, 0.2) is 6.10 Å². The standard InChI is InChI=1S/C41H68O5/c1-3-5-7-9-10-11-12-13-14-15-16-17-18-19-20-21-22-23-24-25-26-27-28-29-30-32-34-36-41(44)46-39(37-42)38-45-40(43)35-33-31-8-6-4-2/h5,7,10-11,13-14,16-17,19-20,22-23,39,42H,3-4,6,8-9,12,15,18,21,24-38H2,1-2H3/b7-5-,11-10-,14-13-,17-16-,20-19-,23-22-. The lowest BCUT2D eigenvalue weighted by Gasteiger charge is -2.15. The van der Waals surface area contributed by atoms with E-state index in [0.717, 1.165) is 83.5 Å². The fourth-order valence-electron chi connectivity index (χ4n) is 4.73. The quantitative estimate of drug-likeness (QED) is 0.0450. The largest absolute Gasteiger partial charge is 0.462 e. The van der Waals surface area contributed by atoms with Crippen LogP contribution < -0.4 is 0 Å². The first-order valence-corrected chi connectivity index (χ1v) is 18.5. The third-order valence-corrected chi connectivity index (χ3v) is 7.51. The Balaban J connectivity index is 3.57. The lowest BCUT2D eigenvalue weighted by Crippen LogP contribution is -2.28. The molecule has 0 aromatic rings. The smallest absolute Gasteiger partial charge is 0.306 e. The number of hydrogen-bond acceptors (Lipinski definition) is 5. The van der Waals surface area contributed by atoms with Gasteiger partial charge in [-0.05, 0) is 64.2 Å². The van der Waals surface area contributed by atoms with E-state index in [2.05, 4.69) is 86.8 Å². The molecular formula is C41H68O5. The van der Waals surface area contributed by atoms with Crippen molar-refractivity contribution in [2.45, 2.75) is 161 Å². The number of carbonyl (C=O) groups is 2. The summed E-state index contributed by atoms with van der Waals surface area (Å²) < 4.78 is 10.5. The number of esters is 2. The van der Waals surface area contributed by atoms with Gasteiger partial charge in [-0.25, -0.2) is 0 Å². The van der Waals surface area contributed by atoms with Crippen LogP contribution in [0.15, 0.2) is 72.9 Å². The molecule has 5 heteroatoms. The molecule has 0 aromatic carbocycles. The molecule has 5 nitrogen and oxygen atoms in total. The number of carbonyl (C=O) groups excluding carboxylic acids is 2. The van der Waals surface area contributed by atoms with Crippen LogP contribution in [0.1, 0.15) is 155 Å². The summed E-state index contributed by atoms with van der Waals surface area (Å²) in [6.07, 6.45) is 48.6. The molecule has 1 N–H and O–H groups in total. The summed E-state index contributed by atoms with van der Waals surface area (Å²) in [5.41, 5.74) is 0. The minimum Gasteiger partial charge on any atom is -0.462 e. The second-order valence-corrected chi connectivity index (χ2v) is 11.9. The Kier molecular flexibility index (Phi) is 34.7. The number of aliphatic hydroxyl groups is 1. The first kappa shape index (κ1) is 43.3. The van der Waals surface area contributed by atoms with E-state index in [1.807, 2.05) is 0 Å². The summed E-state index contributed by atoms with van der Waals surface area (Å²) >= 11 is 0. The molecule has 0 radical (unpaired) electrons. The molecule has 0 aliphatic heterocycles. The monoisotopic (exact) mass is 641 g/mol. The van der Waals surface area contributed by atoms with Crippen molar-refractivity contribution in [2.75, 3.05) is 13.2 Å². The molecule has 0 fully saturated rings. The van der Waals surface area contributed by atoms with Crippen LogP contribution in [0.3, 0.4) is 0 Å². The second-order valence-electron chi connectivity index (χ2n) is 11.9. The first-order chi connectivity index (χ1) is 22.6. The van der Waals surface area contributed by atoms with Crippen molar-refractivity contribution in [3.05, 3.63) is 72.9 Å². The van der Waals surface area contributed by atoms with Crippen LogP contribution in [0.5, 0.6) is 0 Å². The summed E-state index contributed by atoms with van der Waals surface area (Å²) in [5, 5.41) is 9.45. The molecule has 0 aliphatic rings. The van der Waals surface area contributed by atoms with E-state index in [1.54, 1.807) is 0 Å². The van der Waals surface area contributed by atoms with Gasteiger partial charge in [0.05, 0.1) is 6.61 Å². The van der Waals surface area contributed by atoms with Gasteiger partial charge in [-0.2, -0.15) is 0 Å². The van der Waals surface area contributed by atoms with Crippen LogP contribution in [-0.2, 0) is 19.1 Å². The molecule has 262 valence electrons. The van der Waals surface area contributed by atoms with E-state index in [4.69, 9.17) is 9.47 Å². The summed E-state index contributed by atoms with van der Waals surface area (Å²) in [5.74, 6) is -0.622. The minimum absolute atomic E-state index is 0.0733. The molecule has 0 spiro atoms. The third-order valence-electron chi connectivity index (χ3n) is 7.51. The highest BCUT2D eigenvalue weighted by Crippen LogP contribution is 2.12. The molecule has 0 aliphatic carbocycles. The summed E-state index contributed by atoms with van der Waals surface area (Å²) in [6, 6.07) is 0. The number of rotatable bonds is 32. The Morgan fingerprint density at radius 2 is 0.935 bits per heavy atom. The van der Waals surface area contributed by atoms with Crippen molar-refractivity contribution < 1.29 is 24.2 Å². The molecular weight excluding hydrogens is 572 g/mol. The molecule has 1 atom stereocenters. The lowest BCUT2D eigenvalue weighted by atomic mass is 10.1. The van der Waals surface area contributed by atoms with E-state index in [0.29, 0.717) is 12.8 Å². The maximum Gasteiger partial charge on any atom is 0.306 e. The normalized spacial score (nSPS) is 13.0. The molecule has 0 saturated carbocycles. The molecule has 0 aromatic heterocycles. The predicted octanol–water partition coefficient (Wildman–Crippen LogP) is 11.4. The molecule has 1 unspecified atom stereocenters. The Bertz CT molecular complexity index is 864. The molecule has 0 bridgehead atoms. The third kappa shape index (κ3) is 34.2. The molecule has 46 heavy (non-hydrogen) atoms. The van der Waals surface area contributed by atoms with E-state index >= 15 is 0 Å². The first-order valence-electron chi connectivity index (χ1n) is 18.5. The van der Waals surface area contributed by atoms with Gasteiger partial charge in [-0.1, -0.05) is 151 Å². The Morgan fingerprint density at radius 1 is 0.522 bits per heavy atom. The van der Waals surface area contributed by atoms with E-state index < -0.39 is 6.10 Å². The molecule has 0 amide bonds. The number of ether oxygens (including phenoxy) is 2. The zero-order chi connectivity index (χ0) is 33.6. The van der Waals surface area contributed by atoms with Gasteiger partial charge < -0.3 is 14.6 Å².